The zero-order chi connectivity index (χ0) is 10.1. The van der Waals surface area contributed by atoms with Crippen LogP contribution >= 0.6 is 0 Å². The van der Waals surface area contributed by atoms with Gasteiger partial charge in [0.2, 0.25) is 0 Å². The molecule has 4 nitrogen and oxygen atoms in total. The maximum Gasteiger partial charge on any atom is 0.0822 e. The van der Waals surface area contributed by atoms with Crippen LogP contribution in [0.25, 0.3) is 0 Å². The molecule has 74 valence electrons. The summed E-state index contributed by atoms with van der Waals surface area (Å²) in [6.07, 6.45) is 1.83. The molecule has 1 aromatic rings. The third kappa shape index (κ3) is 2.45. The molecule has 13 heavy (non-hydrogen) atoms. The van der Waals surface area contributed by atoms with E-state index in [0.29, 0.717) is 6.54 Å². The third-order valence-corrected chi connectivity index (χ3v) is 2.08. The summed E-state index contributed by atoms with van der Waals surface area (Å²) in [6, 6.07) is 0. The fourth-order valence-corrected chi connectivity index (χ4v) is 1.07. The van der Waals surface area contributed by atoms with E-state index in [4.69, 9.17) is 10.5 Å². The summed E-state index contributed by atoms with van der Waals surface area (Å²) < 4.78 is 7.10. The summed E-state index contributed by atoms with van der Waals surface area (Å²) in [5.41, 5.74) is 7.07. The first kappa shape index (κ1) is 10.1. The van der Waals surface area contributed by atoms with Gasteiger partial charge in [0.15, 0.2) is 0 Å². The molecule has 1 heterocycles. The summed E-state index contributed by atoms with van der Waals surface area (Å²) in [5, 5.41) is 4.26. The Kier molecular flexibility index (Phi) is 2.61. The molecular weight excluding hydrogens is 166 g/mol. The van der Waals surface area contributed by atoms with Crippen LogP contribution in [0.4, 0.5) is 5.69 Å². The number of anilines is 1. The molecule has 0 fully saturated rings. The summed E-state index contributed by atoms with van der Waals surface area (Å²) in [7, 11) is 1.69. The molecule has 0 atom stereocenters. The van der Waals surface area contributed by atoms with Gasteiger partial charge >= 0.3 is 0 Å². The van der Waals surface area contributed by atoms with Gasteiger partial charge in [-0.15, -0.1) is 0 Å². The van der Waals surface area contributed by atoms with E-state index in [1.54, 1.807) is 7.11 Å². The lowest BCUT2D eigenvalue weighted by atomic mass is 10.1. The molecular formula is C9H17N3O. The van der Waals surface area contributed by atoms with Crippen molar-refractivity contribution >= 4 is 5.69 Å². The zero-order valence-corrected chi connectivity index (χ0v) is 8.66. The van der Waals surface area contributed by atoms with E-state index in [-0.39, 0.29) is 5.60 Å². The summed E-state index contributed by atoms with van der Waals surface area (Å²) in [5.74, 6) is 0. The van der Waals surface area contributed by atoms with E-state index in [9.17, 15) is 0 Å². The Hall–Kier alpha value is -1.03. The molecule has 0 saturated heterocycles. The maximum atomic E-state index is 5.68. The Morgan fingerprint density at radius 1 is 1.62 bits per heavy atom. The largest absolute Gasteiger partial charge is 0.396 e. The number of aryl methyl sites for hydroxylation is 1. The highest BCUT2D eigenvalue weighted by atomic mass is 16.5. The Morgan fingerprint density at radius 2 is 2.23 bits per heavy atom. The van der Waals surface area contributed by atoms with Gasteiger partial charge in [-0.3, -0.25) is 4.68 Å². The number of nitrogens with zero attached hydrogens (tertiary/aromatic N) is 2. The molecule has 0 bridgehead atoms. The number of aromatic nitrogens is 2. The molecule has 0 unspecified atom stereocenters. The van der Waals surface area contributed by atoms with Crippen molar-refractivity contribution in [3.63, 3.8) is 0 Å². The molecule has 4 heteroatoms. The first-order chi connectivity index (χ1) is 5.94. The molecule has 0 spiro atoms. The molecule has 0 saturated carbocycles. The van der Waals surface area contributed by atoms with Crippen LogP contribution in [0.5, 0.6) is 0 Å². The van der Waals surface area contributed by atoms with E-state index in [1.807, 2.05) is 31.6 Å². The second kappa shape index (κ2) is 3.38. The normalized spacial score (nSPS) is 12.0. The van der Waals surface area contributed by atoms with Gasteiger partial charge < -0.3 is 10.5 Å². The molecule has 0 aromatic carbocycles. The van der Waals surface area contributed by atoms with Crippen LogP contribution in [0.3, 0.4) is 0 Å². The van der Waals surface area contributed by atoms with Crippen molar-refractivity contribution in [2.75, 3.05) is 12.8 Å². The first-order valence-corrected chi connectivity index (χ1v) is 4.29. The van der Waals surface area contributed by atoms with Crippen LogP contribution in [0.15, 0.2) is 6.20 Å². The Labute approximate surface area is 78.7 Å². The number of rotatable bonds is 3. The quantitative estimate of drug-likeness (QED) is 0.766. The van der Waals surface area contributed by atoms with Gasteiger partial charge in [-0.05, 0) is 20.8 Å². The molecule has 0 aliphatic heterocycles. The Morgan fingerprint density at radius 3 is 2.62 bits per heavy atom. The van der Waals surface area contributed by atoms with Crippen molar-refractivity contribution in [2.45, 2.75) is 32.9 Å². The number of methoxy groups -OCH3 is 1. The fourth-order valence-electron chi connectivity index (χ4n) is 1.07. The number of nitrogen functional groups attached to an aromatic ring is 1. The highest BCUT2D eigenvalue weighted by Crippen LogP contribution is 2.13. The number of ether oxygens (including phenoxy) is 1. The van der Waals surface area contributed by atoms with Gasteiger partial charge in [0.1, 0.15) is 0 Å². The van der Waals surface area contributed by atoms with Crippen molar-refractivity contribution in [2.24, 2.45) is 0 Å². The minimum absolute atomic E-state index is 0.203. The van der Waals surface area contributed by atoms with Crippen LogP contribution in [0.1, 0.15) is 19.5 Å². The van der Waals surface area contributed by atoms with Crippen LogP contribution in [0.2, 0.25) is 0 Å². The summed E-state index contributed by atoms with van der Waals surface area (Å²) in [6.45, 7) is 6.63. The van der Waals surface area contributed by atoms with Crippen molar-refractivity contribution in [1.29, 1.82) is 0 Å². The standard InChI is InChI=1S/C9H17N3O/c1-7-8(10)5-12(11-7)6-9(2,3)13-4/h5H,6,10H2,1-4H3. The molecule has 0 amide bonds. The minimum atomic E-state index is -0.203. The molecule has 2 N–H and O–H groups in total. The highest BCUT2D eigenvalue weighted by Gasteiger charge is 2.17. The van der Waals surface area contributed by atoms with Gasteiger partial charge in [0, 0.05) is 13.3 Å². The van der Waals surface area contributed by atoms with E-state index in [0.717, 1.165) is 11.4 Å². The third-order valence-electron chi connectivity index (χ3n) is 2.08. The Bertz CT molecular complexity index is 272. The van der Waals surface area contributed by atoms with E-state index >= 15 is 0 Å². The number of hydrogen-bond donors (Lipinski definition) is 1. The lowest BCUT2D eigenvalue weighted by Gasteiger charge is -2.22. The van der Waals surface area contributed by atoms with E-state index in [2.05, 4.69) is 5.10 Å². The average Bonchev–Trinajstić information content (AvgIpc) is 2.30. The van der Waals surface area contributed by atoms with Crippen molar-refractivity contribution in [1.82, 2.24) is 9.78 Å². The summed E-state index contributed by atoms with van der Waals surface area (Å²) >= 11 is 0. The van der Waals surface area contributed by atoms with Crippen LogP contribution in [0, 0.1) is 6.92 Å². The van der Waals surface area contributed by atoms with E-state index in [1.165, 1.54) is 0 Å². The fraction of sp³-hybridized carbons (Fsp3) is 0.667. The maximum absolute atomic E-state index is 5.68. The average molecular weight is 183 g/mol. The molecule has 1 rings (SSSR count). The van der Waals surface area contributed by atoms with Crippen LogP contribution in [-0.4, -0.2) is 22.5 Å². The van der Waals surface area contributed by atoms with Gasteiger partial charge in [-0.2, -0.15) is 5.10 Å². The van der Waals surface area contributed by atoms with Gasteiger partial charge in [0.05, 0.1) is 23.5 Å². The number of hydrogen-bond acceptors (Lipinski definition) is 3. The van der Waals surface area contributed by atoms with Gasteiger partial charge in [-0.1, -0.05) is 0 Å². The van der Waals surface area contributed by atoms with Crippen LogP contribution in [-0.2, 0) is 11.3 Å². The minimum Gasteiger partial charge on any atom is -0.396 e. The molecule has 0 aliphatic carbocycles. The SMILES string of the molecule is COC(C)(C)Cn1cc(N)c(C)n1. The van der Waals surface area contributed by atoms with Gasteiger partial charge in [0.25, 0.3) is 0 Å². The van der Waals surface area contributed by atoms with Crippen LogP contribution < -0.4 is 5.73 Å². The second-order valence-corrected chi connectivity index (χ2v) is 3.83. The van der Waals surface area contributed by atoms with E-state index < -0.39 is 0 Å². The second-order valence-electron chi connectivity index (χ2n) is 3.83. The predicted octanol–water partition coefficient (Wildman–Crippen LogP) is 1.20. The van der Waals surface area contributed by atoms with Crippen molar-refractivity contribution < 1.29 is 4.74 Å². The molecule has 1 aromatic heterocycles. The first-order valence-electron chi connectivity index (χ1n) is 4.29. The lowest BCUT2D eigenvalue weighted by Crippen LogP contribution is -2.29. The van der Waals surface area contributed by atoms with Crippen molar-refractivity contribution in [3.05, 3.63) is 11.9 Å². The predicted molar refractivity (Wildman–Crippen MR) is 52.5 cm³/mol. The molecule has 0 aliphatic rings. The Balaban J connectivity index is 2.75. The highest BCUT2D eigenvalue weighted by molar-refractivity contribution is 5.39. The zero-order valence-electron chi connectivity index (χ0n) is 8.66. The number of nitrogens with two attached hydrogens (primary N) is 1. The van der Waals surface area contributed by atoms with Crippen molar-refractivity contribution in [3.8, 4) is 0 Å². The summed E-state index contributed by atoms with van der Waals surface area (Å²) in [4.78, 5) is 0. The van der Waals surface area contributed by atoms with Gasteiger partial charge in [-0.25, -0.2) is 0 Å². The lowest BCUT2D eigenvalue weighted by molar-refractivity contribution is 0.00538. The molecule has 0 radical (unpaired) electrons. The monoisotopic (exact) mass is 183 g/mol. The topological polar surface area (TPSA) is 53.1 Å². The smallest absolute Gasteiger partial charge is 0.0822 e.